The number of halogens is 1. The second kappa shape index (κ2) is 5.24. The minimum Gasteiger partial charge on any atom is -0.371 e. The number of aliphatic hydroxyl groups is 1. The molecule has 3 nitrogen and oxygen atoms in total. The van der Waals surface area contributed by atoms with Gasteiger partial charge in [0.25, 0.3) is 0 Å². The van der Waals surface area contributed by atoms with Crippen molar-refractivity contribution in [2.75, 3.05) is 6.79 Å². The van der Waals surface area contributed by atoms with Gasteiger partial charge in [-0.15, -0.1) is 0 Å². The first-order chi connectivity index (χ1) is 6.65. The lowest BCUT2D eigenvalue weighted by Gasteiger charge is -2.09. The highest BCUT2D eigenvalue weighted by Gasteiger charge is 2.14. The van der Waals surface area contributed by atoms with Gasteiger partial charge in [-0.3, -0.25) is 4.79 Å². The summed E-state index contributed by atoms with van der Waals surface area (Å²) in [7, 11) is 0. The molecule has 0 aliphatic rings. The number of benzene rings is 1. The summed E-state index contributed by atoms with van der Waals surface area (Å²) in [6.07, 6.45) is -0.610. The van der Waals surface area contributed by atoms with Gasteiger partial charge in [0, 0.05) is 10.0 Å². The van der Waals surface area contributed by atoms with Crippen LogP contribution < -0.4 is 0 Å². The molecule has 0 saturated carbocycles. The van der Waals surface area contributed by atoms with Crippen molar-refractivity contribution in [3.63, 3.8) is 0 Å². The molecule has 14 heavy (non-hydrogen) atoms. The van der Waals surface area contributed by atoms with Crippen molar-refractivity contribution in [3.8, 4) is 0 Å². The number of hydrogen-bond donors (Lipinski definition) is 1. The average molecular weight is 259 g/mol. The smallest absolute Gasteiger partial charge is 0.191 e. The summed E-state index contributed by atoms with van der Waals surface area (Å²) in [4.78, 5) is 11.6. The van der Waals surface area contributed by atoms with Gasteiger partial charge in [0.05, 0.1) is 0 Å². The fraction of sp³-hybridized carbons (Fsp3) is 0.300. The SMILES string of the molecule is CC(OCO)C(=O)c1ccc(Br)cc1. The monoisotopic (exact) mass is 258 g/mol. The Bertz CT molecular complexity index is 308. The van der Waals surface area contributed by atoms with Crippen LogP contribution >= 0.6 is 15.9 Å². The number of Topliss-reactive ketones (excluding diaryl/α,β-unsaturated/α-hetero) is 1. The third-order valence-corrected chi connectivity index (χ3v) is 2.35. The molecule has 4 heteroatoms. The van der Waals surface area contributed by atoms with Crippen LogP contribution in [0.5, 0.6) is 0 Å². The molecule has 0 amide bonds. The minimum atomic E-state index is -0.610. The molecule has 1 aromatic carbocycles. The lowest BCUT2D eigenvalue weighted by atomic mass is 10.1. The van der Waals surface area contributed by atoms with Gasteiger partial charge in [-0.05, 0) is 19.1 Å². The molecule has 1 aromatic rings. The van der Waals surface area contributed by atoms with E-state index in [0.717, 1.165) is 4.47 Å². The number of carbonyl (C=O) groups excluding carboxylic acids is 1. The highest BCUT2D eigenvalue weighted by atomic mass is 79.9. The summed E-state index contributed by atoms with van der Waals surface area (Å²) in [5.41, 5.74) is 0.578. The summed E-state index contributed by atoms with van der Waals surface area (Å²) < 4.78 is 5.70. The minimum absolute atomic E-state index is 0.133. The van der Waals surface area contributed by atoms with Crippen molar-refractivity contribution >= 4 is 21.7 Å². The quantitative estimate of drug-likeness (QED) is 0.664. The van der Waals surface area contributed by atoms with Gasteiger partial charge < -0.3 is 9.84 Å². The van der Waals surface area contributed by atoms with Crippen LogP contribution in [0.25, 0.3) is 0 Å². The maximum absolute atomic E-state index is 11.6. The number of ketones is 1. The van der Waals surface area contributed by atoms with E-state index in [2.05, 4.69) is 15.9 Å². The maximum atomic E-state index is 11.6. The van der Waals surface area contributed by atoms with Crippen molar-refractivity contribution in [2.45, 2.75) is 13.0 Å². The molecule has 0 saturated heterocycles. The van der Waals surface area contributed by atoms with E-state index in [1.165, 1.54) is 0 Å². The molecular formula is C10H11BrO3. The highest BCUT2D eigenvalue weighted by Crippen LogP contribution is 2.12. The van der Waals surface area contributed by atoms with Crippen molar-refractivity contribution < 1.29 is 14.6 Å². The molecule has 1 N–H and O–H groups in total. The van der Waals surface area contributed by atoms with Crippen LogP contribution in [0.15, 0.2) is 28.7 Å². The van der Waals surface area contributed by atoms with Crippen molar-refractivity contribution in [1.29, 1.82) is 0 Å². The lowest BCUT2D eigenvalue weighted by molar-refractivity contribution is -0.0316. The molecule has 0 radical (unpaired) electrons. The molecule has 0 spiro atoms. The molecule has 0 bridgehead atoms. The molecule has 0 fully saturated rings. The first-order valence-electron chi connectivity index (χ1n) is 4.17. The van der Waals surface area contributed by atoms with E-state index in [1.54, 1.807) is 31.2 Å². The van der Waals surface area contributed by atoms with E-state index in [4.69, 9.17) is 9.84 Å². The normalized spacial score (nSPS) is 12.5. The lowest BCUT2D eigenvalue weighted by Crippen LogP contribution is -2.21. The predicted molar refractivity (Wildman–Crippen MR) is 56.1 cm³/mol. The van der Waals surface area contributed by atoms with Gasteiger partial charge in [0.1, 0.15) is 12.9 Å². The summed E-state index contributed by atoms with van der Waals surface area (Å²) >= 11 is 3.28. The first-order valence-corrected chi connectivity index (χ1v) is 4.96. The molecule has 76 valence electrons. The third kappa shape index (κ3) is 2.90. The van der Waals surface area contributed by atoms with Crippen molar-refractivity contribution in [1.82, 2.24) is 0 Å². The fourth-order valence-electron chi connectivity index (χ4n) is 1.04. The zero-order valence-electron chi connectivity index (χ0n) is 7.74. The molecule has 1 atom stereocenters. The van der Waals surface area contributed by atoms with E-state index >= 15 is 0 Å². The van der Waals surface area contributed by atoms with Crippen LogP contribution in [0.3, 0.4) is 0 Å². The van der Waals surface area contributed by atoms with Crippen LogP contribution in [-0.4, -0.2) is 23.8 Å². The van der Waals surface area contributed by atoms with Crippen LogP contribution in [0.2, 0.25) is 0 Å². The Morgan fingerprint density at radius 2 is 2.07 bits per heavy atom. The van der Waals surface area contributed by atoms with E-state index in [-0.39, 0.29) is 5.78 Å². The van der Waals surface area contributed by atoms with Gasteiger partial charge in [-0.25, -0.2) is 0 Å². The second-order valence-corrected chi connectivity index (χ2v) is 3.72. The predicted octanol–water partition coefficient (Wildman–Crippen LogP) is 1.99. The van der Waals surface area contributed by atoms with Crippen LogP contribution in [0, 0.1) is 0 Å². The largest absolute Gasteiger partial charge is 0.371 e. The van der Waals surface area contributed by atoms with Crippen LogP contribution in [0.4, 0.5) is 0 Å². The molecule has 0 aliphatic heterocycles. The van der Waals surface area contributed by atoms with Gasteiger partial charge in [-0.1, -0.05) is 28.1 Å². The Kier molecular flexibility index (Phi) is 4.25. The van der Waals surface area contributed by atoms with E-state index in [0.29, 0.717) is 5.56 Å². The number of carbonyl (C=O) groups is 1. The Balaban J connectivity index is 2.74. The number of ether oxygens (including phenoxy) is 1. The van der Waals surface area contributed by atoms with Crippen molar-refractivity contribution in [3.05, 3.63) is 34.3 Å². The van der Waals surface area contributed by atoms with E-state index in [1.807, 2.05) is 0 Å². The summed E-state index contributed by atoms with van der Waals surface area (Å²) in [6, 6.07) is 7.01. The van der Waals surface area contributed by atoms with Gasteiger partial charge >= 0.3 is 0 Å². The summed E-state index contributed by atoms with van der Waals surface area (Å²) in [5.74, 6) is -0.133. The molecule has 0 aromatic heterocycles. The fourth-order valence-corrected chi connectivity index (χ4v) is 1.30. The first kappa shape index (κ1) is 11.4. The molecular weight excluding hydrogens is 248 g/mol. The van der Waals surface area contributed by atoms with Gasteiger partial charge in [0.15, 0.2) is 5.78 Å². The molecule has 0 aliphatic carbocycles. The molecule has 0 heterocycles. The number of hydrogen-bond acceptors (Lipinski definition) is 3. The topological polar surface area (TPSA) is 46.5 Å². The Hall–Kier alpha value is -0.710. The van der Waals surface area contributed by atoms with Gasteiger partial charge in [0.2, 0.25) is 0 Å². The van der Waals surface area contributed by atoms with Crippen LogP contribution in [0.1, 0.15) is 17.3 Å². The van der Waals surface area contributed by atoms with Gasteiger partial charge in [-0.2, -0.15) is 0 Å². The molecule has 1 rings (SSSR count). The standard InChI is InChI=1S/C10H11BrO3/c1-7(14-6-12)10(13)8-2-4-9(11)5-3-8/h2-5,7,12H,6H2,1H3. The van der Waals surface area contributed by atoms with Crippen LogP contribution in [-0.2, 0) is 4.74 Å². The molecule has 1 unspecified atom stereocenters. The van der Waals surface area contributed by atoms with E-state index in [9.17, 15) is 4.79 Å². The number of rotatable bonds is 4. The zero-order valence-corrected chi connectivity index (χ0v) is 9.32. The summed E-state index contributed by atoms with van der Waals surface area (Å²) in [6.45, 7) is 1.17. The maximum Gasteiger partial charge on any atom is 0.191 e. The average Bonchev–Trinajstić information content (AvgIpc) is 2.18. The number of aliphatic hydroxyl groups excluding tert-OH is 1. The second-order valence-electron chi connectivity index (χ2n) is 2.81. The van der Waals surface area contributed by atoms with E-state index < -0.39 is 12.9 Å². The zero-order chi connectivity index (χ0) is 10.6. The Morgan fingerprint density at radius 3 is 2.57 bits per heavy atom. The highest BCUT2D eigenvalue weighted by molar-refractivity contribution is 9.10. The summed E-state index contributed by atoms with van der Waals surface area (Å²) in [5, 5.41) is 8.49. The Labute approximate surface area is 90.8 Å². The third-order valence-electron chi connectivity index (χ3n) is 1.82. The Morgan fingerprint density at radius 1 is 1.50 bits per heavy atom. The van der Waals surface area contributed by atoms with Crippen molar-refractivity contribution in [2.24, 2.45) is 0 Å².